The van der Waals surface area contributed by atoms with Gasteiger partial charge in [-0.2, -0.15) is 0 Å². The molecule has 0 radical (unpaired) electrons. The molecule has 0 aliphatic carbocycles. The van der Waals surface area contributed by atoms with Gasteiger partial charge in [0.1, 0.15) is 5.75 Å². The smallest absolute Gasteiger partial charge is 0.233 e. The van der Waals surface area contributed by atoms with Crippen molar-refractivity contribution < 1.29 is 9.53 Å². The number of carbonyl (C=O) groups excluding carboxylic acids is 1. The van der Waals surface area contributed by atoms with Crippen molar-refractivity contribution in [1.82, 2.24) is 10.6 Å². The highest BCUT2D eigenvalue weighted by molar-refractivity contribution is 7.80. The van der Waals surface area contributed by atoms with Gasteiger partial charge in [-0.1, -0.05) is 50.2 Å². The van der Waals surface area contributed by atoms with Crippen molar-refractivity contribution in [1.29, 1.82) is 0 Å². The van der Waals surface area contributed by atoms with Crippen molar-refractivity contribution in [3.63, 3.8) is 0 Å². The van der Waals surface area contributed by atoms with E-state index in [0.29, 0.717) is 17.6 Å². The largest absolute Gasteiger partial charge is 0.497 e. The number of methoxy groups -OCH3 is 1. The van der Waals surface area contributed by atoms with Crippen LogP contribution in [0.1, 0.15) is 43.4 Å². The Morgan fingerprint density at radius 1 is 1.00 bits per heavy atom. The Hall–Kier alpha value is -2.40. The van der Waals surface area contributed by atoms with Crippen LogP contribution in [0.5, 0.6) is 5.75 Å². The molecule has 2 aromatic rings. The zero-order valence-corrected chi connectivity index (χ0v) is 17.2. The van der Waals surface area contributed by atoms with Crippen LogP contribution in [0, 0.1) is 5.92 Å². The van der Waals surface area contributed by atoms with Crippen molar-refractivity contribution >= 4 is 23.2 Å². The van der Waals surface area contributed by atoms with E-state index in [1.54, 1.807) is 7.11 Å². The van der Waals surface area contributed by atoms with Gasteiger partial charge in [-0.05, 0) is 60.3 Å². The van der Waals surface area contributed by atoms with E-state index in [9.17, 15) is 4.79 Å². The SMILES string of the molecule is COc1ccc(CNC(=S)NC(=O)C(C)c2ccc(CC(C)C)cc2)cc1. The lowest BCUT2D eigenvalue weighted by Crippen LogP contribution is -2.40. The molecule has 0 aliphatic heterocycles. The van der Waals surface area contributed by atoms with Crippen LogP contribution in [-0.2, 0) is 17.8 Å². The third-order valence-corrected chi connectivity index (χ3v) is 4.61. The number of rotatable bonds is 7. The second-order valence-corrected chi connectivity index (χ2v) is 7.49. The number of hydrogen-bond acceptors (Lipinski definition) is 3. The van der Waals surface area contributed by atoms with Crippen LogP contribution in [0.15, 0.2) is 48.5 Å². The fraction of sp³-hybridized carbons (Fsp3) is 0.364. The van der Waals surface area contributed by atoms with Crippen molar-refractivity contribution in [2.75, 3.05) is 7.11 Å². The summed E-state index contributed by atoms with van der Waals surface area (Å²) in [5, 5.41) is 6.17. The maximum atomic E-state index is 12.5. The molecule has 1 unspecified atom stereocenters. The topological polar surface area (TPSA) is 50.4 Å². The first-order valence-electron chi connectivity index (χ1n) is 9.19. The van der Waals surface area contributed by atoms with Crippen molar-refractivity contribution in [2.24, 2.45) is 5.92 Å². The summed E-state index contributed by atoms with van der Waals surface area (Å²) in [5.41, 5.74) is 3.33. The first-order chi connectivity index (χ1) is 12.9. The van der Waals surface area contributed by atoms with E-state index in [1.165, 1.54) is 5.56 Å². The van der Waals surface area contributed by atoms with Crippen molar-refractivity contribution in [3.05, 3.63) is 65.2 Å². The van der Waals surface area contributed by atoms with Gasteiger partial charge in [0, 0.05) is 6.54 Å². The van der Waals surface area contributed by atoms with Gasteiger partial charge in [-0.25, -0.2) is 0 Å². The summed E-state index contributed by atoms with van der Waals surface area (Å²) in [6.07, 6.45) is 1.04. The van der Waals surface area contributed by atoms with Crippen LogP contribution in [0.4, 0.5) is 0 Å². The lowest BCUT2D eigenvalue weighted by Gasteiger charge is -2.15. The van der Waals surface area contributed by atoms with Gasteiger partial charge in [0.25, 0.3) is 0 Å². The molecule has 27 heavy (non-hydrogen) atoms. The van der Waals surface area contributed by atoms with Gasteiger partial charge in [-0.15, -0.1) is 0 Å². The fourth-order valence-electron chi connectivity index (χ4n) is 2.76. The molecule has 2 rings (SSSR count). The Bertz CT molecular complexity index is 755. The number of carbonyl (C=O) groups is 1. The summed E-state index contributed by atoms with van der Waals surface area (Å²) >= 11 is 5.25. The normalized spacial score (nSPS) is 11.7. The summed E-state index contributed by atoms with van der Waals surface area (Å²) in [6.45, 7) is 6.83. The molecule has 0 saturated carbocycles. The average molecular weight is 385 g/mol. The quantitative estimate of drug-likeness (QED) is 0.703. The highest BCUT2D eigenvalue weighted by Gasteiger charge is 2.16. The lowest BCUT2D eigenvalue weighted by atomic mass is 9.96. The van der Waals surface area contributed by atoms with E-state index in [4.69, 9.17) is 17.0 Å². The number of hydrogen-bond donors (Lipinski definition) is 2. The Morgan fingerprint density at radius 3 is 2.15 bits per heavy atom. The second-order valence-electron chi connectivity index (χ2n) is 7.08. The predicted octanol–water partition coefficient (Wildman–Crippen LogP) is 4.19. The molecule has 1 atom stereocenters. The van der Waals surface area contributed by atoms with Gasteiger partial charge >= 0.3 is 0 Å². The van der Waals surface area contributed by atoms with E-state index in [-0.39, 0.29) is 11.8 Å². The number of benzene rings is 2. The summed E-state index contributed by atoms with van der Waals surface area (Å²) in [5.74, 6) is 1.05. The van der Waals surface area contributed by atoms with Crippen LogP contribution in [0.25, 0.3) is 0 Å². The lowest BCUT2D eigenvalue weighted by molar-refractivity contribution is -0.120. The number of amides is 1. The fourth-order valence-corrected chi connectivity index (χ4v) is 2.93. The molecule has 1 amide bonds. The minimum atomic E-state index is -0.265. The third-order valence-electron chi connectivity index (χ3n) is 4.37. The molecule has 0 saturated heterocycles. The molecule has 0 fully saturated rings. The molecule has 2 N–H and O–H groups in total. The zero-order valence-electron chi connectivity index (χ0n) is 16.4. The third kappa shape index (κ3) is 6.68. The Morgan fingerprint density at radius 2 is 1.59 bits per heavy atom. The van der Waals surface area contributed by atoms with Crippen LogP contribution < -0.4 is 15.4 Å². The molecule has 4 nitrogen and oxygen atoms in total. The van der Waals surface area contributed by atoms with Crippen molar-refractivity contribution in [3.8, 4) is 5.75 Å². The molecule has 0 aromatic heterocycles. The van der Waals surface area contributed by atoms with Gasteiger partial charge in [0.15, 0.2) is 5.11 Å². The van der Waals surface area contributed by atoms with Gasteiger partial charge in [-0.3, -0.25) is 4.79 Å². The number of ether oxygens (including phenoxy) is 1. The molecular weight excluding hydrogens is 356 g/mol. The van der Waals surface area contributed by atoms with Gasteiger partial charge < -0.3 is 15.4 Å². The van der Waals surface area contributed by atoms with E-state index in [1.807, 2.05) is 43.3 Å². The molecule has 0 bridgehead atoms. The van der Waals surface area contributed by atoms with Crippen LogP contribution in [0.3, 0.4) is 0 Å². The standard InChI is InChI=1S/C22H28N2O2S/c1-15(2)13-17-5-9-19(10-6-17)16(3)21(25)24-22(27)23-14-18-7-11-20(26-4)12-8-18/h5-12,15-16H,13-14H2,1-4H3,(H2,23,24,25,27). The van der Waals surface area contributed by atoms with E-state index in [0.717, 1.165) is 23.3 Å². The summed E-state index contributed by atoms with van der Waals surface area (Å²) < 4.78 is 5.14. The number of thiocarbonyl (C=S) groups is 1. The first kappa shape index (κ1) is 20.9. The molecule has 144 valence electrons. The highest BCUT2D eigenvalue weighted by atomic mass is 32.1. The monoisotopic (exact) mass is 384 g/mol. The second kappa shape index (κ2) is 10.1. The molecule has 5 heteroatoms. The number of nitrogens with one attached hydrogen (secondary N) is 2. The average Bonchev–Trinajstić information content (AvgIpc) is 2.66. The van der Waals surface area contributed by atoms with Crippen LogP contribution in [0.2, 0.25) is 0 Å². The molecule has 0 aliphatic rings. The Kier molecular flexibility index (Phi) is 7.80. The van der Waals surface area contributed by atoms with E-state index in [2.05, 4.69) is 36.6 Å². The maximum absolute atomic E-state index is 12.5. The molecule has 0 heterocycles. The highest BCUT2D eigenvalue weighted by Crippen LogP contribution is 2.18. The zero-order chi connectivity index (χ0) is 19.8. The molecule has 0 spiro atoms. The van der Waals surface area contributed by atoms with Gasteiger partial charge in [0.2, 0.25) is 5.91 Å². The van der Waals surface area contributed by atoms with Crippen LogP contribution in [-0.4, -0.2) is 18.1 Å². The predicted molar refractivity (Wildman–Crippen MR) is 114 cm³/mol. The molecule has 2 aromatic carbocycles. The first-order valence-corrected chi connectivity index (χ1v) is 9.60. The van der Waals surface area contributed by atoms with E-state index >= 15 is 0 Å². The van der Waals surface area contributed by atoms with E-state index < -0.39 is 0 Å². The minimum Gasteiger partial charge on any atom is -0.497 e. The molecular formula is C22H28N2O2S. The summed E-state index contributed by atoms with van der Waals surface area (Å²) in [4.78, 5) is 12.5. The summed E-state index contributed by atoms with van der Waals surface area (Å²) in [7, 11) is 1.64. The van der Waals surface area contributed by atoms with Crippen LogP contribution >= 0.6 is 12.2 Å². The Balaban J connectivity index is 1.84. The Labute approximate surface area is 167 Å². The minimum absolute atomic E-state index is 0.112. The van der Waals surface area contributed by atoms with Crippen molar-refractivity contribution in [2.45, 2.75) is 39.7 Å². The summed E-state index contributed by atoms with van der Waals surface area (Å²) in [6, 6.07) is 15.9. The maximum Gasteiger partial charge on any atom is 0.233 e. The van der Waals surface area contributed by atoms with Gasteiger partial charge in [0.05, 0.1) is 13.0 Å².